The normalized spacial score (nSPS) is 15.8. The van der Waals surface area contributed by atoms with E-state index in [1.54, 1.807) is 43.3 Å². The Kier molecular flexibility index (Phi) is 5.38. The van der Waals surface area contributed by atoms with E-state index in [0.717, 1.165) is 10.2 Å². The van der Waals surface area contributed by atoms with Gasteiger partial charge in [-0.05, 0) is 56.0 Å². The van der Waals surface area contributed by atoms with Crippen molar-refractivity contribution in [3.8, 4) is 0 Å². The molecule has 0 bridgehead atoms. The number of aromatic nitrogens is 3. The van der Waals surface area contributed by atoms with Gasteiger partial charge in [0.2, 0.25) is 0 Å². The Morgan fingerprint density at radius 2 is 1.84 bits per heavy atom. The Labute approximate surface area is 179 Å². The number of ether oxygens (including phenoxy) is 1. The van der Waals surface area contributed by atoms with Crippen molar-refractivity contribution in [1.82, 2.24) is 15.0 Å². The van der Waals surface area contributed by atoms with Crippen molar-refractivity contribution in [1.29, 1.82) is 0 Å². The molecule has 0 saturated heterocycles. The van der Waals surface area contributed by atoms with Crippen LogP contribution >= 0.6 is 0 Å². The molecule has 9 heteroatoms. The van der Waals surface area contributed by atoms with Crippen molar-refractivity contribution in [3.63, 3.8) is 0 Å². The highest BCUT2D eigenvalue weighted by Crippen LogP contribution is 2.42. The largest absolute Gasteiger partial charge is 0.441 e. The van der Waals surface area contributed by atoms with Crippen LogP contribution in [0.25, 0.3) is 10.9 Å². The molecule has 1 aliphatic rings. The quantitative estimate of drug-likeness (QED) is 0.560. The van der Waals surface area contributed by atoms with Crippen molar-refractivity contribution < 1.29 is 17.9 Å². The molecule has 3 aromatic rings. The van der Waals surface area contributed by atoms with E-state index in [1.807, 2.05) is 13.0 Å². The number of rotatable bonds is 5. The van der Waals surface area contributed by atoms with Gasteiger partial charge in [-0.25, -0.2) is 8.42 Å². The fourth-order valence-corrected chi connectivity index (χ4v) is 6.45. The Bertz CT molecular complexity index is 1320. The van der Waals surface area contributed by atoms with Gasteiger partial charge < -0.3 is 4.74 Å². The molecule has 0 spiro atoms. The van der Waals surface area contributed by atoms with Gasteiger partial charge in [0.15, 0.2) is 21.3 Å². The van der Waals surface area contributed by atoms with Gasteiger partial charge in [0.05, 0.1) is 10.3 Å². The number of hydrogen-bond acceptors (Lipinski definition) is 7. The molecule has 4 rings (SSSR count). The highest BCUT2D eigenvalue weighted by molar-refractivity contribution is 7.93. The van der Waals surface area contributed by atoms with E-state index >= 15 is 0 Å². The lowest BCUT2D eigenvalue weighted by molar-refractivity contribution is -0.151. The first kappa shape index (κ1) is 21.2. The number of carbonyl (C=O) groups is 1. The second kappa shape index (κ2) is 7.88. The van der Waals surface area contributed by atoms with E-state index in [4.69, 9.17) is 4.74 Å². The minimum absolute atomic E-state index is 0.147. The summed E-state index contributed by atoms with van der Waals surface area (Å²) in [6.07, 6.45) is 1.57. The monoisotopic (exact) mass is 441 g/mol. The molecule has 31 heavy (non-hydrogen) atoms. The maximum Gasteiger partial charge on any atom is 0.329 e. The summed E-state index contributed by atoms with van der Waals surface area (Å²) in [5, 5.41) is 8.10. The third-order valence-corrected chi connectivity index (χ3v) is 8.50. The molecule has 0 radical (unpaired) electrons. The summed E-state index contributed by atoms with van der Waals surface area (Å²) in [7, 11) is -4.00. The third kappa shape index (κ3) is 3.52. The highest BCUT2D eigenvalue weighted by Gasteiger charge is 2.54. The SMILES string of the molecule is Cc1ccc(C)c(S(=O)(=O)C2(C(=O)OCn3nnc4ccccc4c3=O)CCCC2)c1. The third-order valence-electron chi connectivity index (χ3n) is 5.88. The lowest BCUT2D eigenvalue weighted by Crippen LogP contribution is -2.46. The van der Waals surface area contributed by atoms with Gasteiger partial charge in [0, 0.05) is 0 Å². The molecule has 0 aliphatic heterocycles. The fraction of sp³-hybridized carbons (Fsp3) is 0.364. The summed E-state index contributed by atoms with van der Waals surface area (Å²) >= 11 is 0. The molecule has 1 aliphatic carbocycles. The van der Waals surface area contributed by atoms with Crippen molar-refractivity contribution in [3.05, 3.63) is 63.9 Å². The smallest absolute Gasteiger partial charge is 0.329 e. The number of fused-ring (bicyclic) bond motifs is 1. The van der Waals surface area contributed by atoms with Crippen LogP contribution in [0.1, 0.15) is 36.8 Å². The number of hydrogen-bond donors (Lipinski definition) is 0. The zero-order chi connectivity index (χ0) is 22.2. The first-order chi connectivity index (χ1) is 14.8. The number of carbonyl (C=O) groups excluding carboxylic acids is 1. The van der Waals surface area contributed by atoms with E-state index in [2.05, 4.69) is 10.3 Å². The van der Waals surface area contributed by atoms with Crippen LogP contribution in [0.15, 0.2) is 52.2 Å². The maximum absolute atomic E-state index is 13.6. The van der Waals surface area contributed by atoms with Gasteiger partial charge in [0.1, 0.15) is 5.52 Å². The molecule has 1 fully saturated rings. The average molecular weight is 442 g/mol. The van der Waals surface area contributed by atoms with Crippen molar-refractivity contribution in [2.24, 2.45) is 0 Å². The van der Waals surface area contributed by atoms with Crippen molar-refractivity contribution in [2.45, 2.75) is 55.9 Å². The second-order valence-electron chi connectivity index (χ2n) is 7.95. The standard InChI is InChI=1S/C22H23N3O5S/c1-15-9-10-16(2)19(13-15)31(28,29)22(11-5-6-12-22)21(27)30-14-25-20(26)17-7-3-4-8-18(17)23-24-25/h3-4,7-10,13H,5-6,11-12,14H2,1-2H3. The van der Waals surface area contributed by atoms with Crippen LogP contribution in [0.3, 0.4) is 0 Å². The number of sulfone groups is 1. The number of aryl methyl sites for hydroxylation is 2. The molecular weight excluding hydrogens is 418 g/mol. The van der Waals surface area contributed by atoms with Gasteiger partial charge >= 0.3 is 5.97 Å². The Morgan fingerprint density at radius 3 is 2.58 bits per heavy atom. The molecule has 0 amide bonds. The van der Waals surface area contributed by atoms with Gasteiger partial charge in [-0.15, -0.1) is 5.10 Å². The molecule has 2 aromatic carbocycles. The lowest BCUT2D eigenvalue weighted by atomic mass is 10.1. The number of nitrogens with zero attached hydrogens (tertiary/aromatic N) is 3. The zero-order valence-corrected chi connectivity index (χ0v) is 18.2. The highest BCUT2D eigenvalue weighted by atomic mass is 32.2. The van der Waals surface area contributed by atoms with Crippen LogP contribution in [0.4, 0.5) is 0 Å². The van der Waals surface area contributed by atoms with Crippen molar-refractivity contribution in [2.75, 3.05) is 0 Å². The molecule has 1 saturated carbocycles. The van der Waals surface area contributed by atoms with Crippen LogP contribution in [0.5, 0.6) is 0 Å². The minimum Gasteiger partial charge on any atom is -0.441 e. The predicted molar refractivity (Wildman–Crippen MR) is 114 cm³/mol. The van der Waals surface area contributed by atoms with Gasteiger partial charge in [0.25, 0.3) is 5.56 Å². The summed E-state index contributed by atoms with van der Waals surface area (Å²) in [5.74, 6) is -0.854. The second-order valence-corrected chi connectivity index (χ2v) is 10.2. The molecule has 8 nitrogen and oxygen atoms in total. The Hall–Kier alpha value is -3.07. The summed E-state index contributed by atoms with van der Waals surface area (Å²) in [4.78, 5) is 25.9. The number of benzene rings is 2. The minimum atomic E-state index is -4.00. The molecule has 0 N–H and O–H groups in total. The summed E-state index contributed by atoms with van der Waals surface area (Å²) in [6.45, 7) is 3.02. The molecule has 0 atom stereocenters. The fourth-order valence-electron chi connectivity index (χ4n) is 4.10. The zero-order valence-electron chi connectivity index (χ0n) is 17.4. The van der Waals surface area contributed by atoms with E-state index in [0.29, 0.717) is 29.3 Å². The van der Waals surface area contributed by atoms with Crippen LogP contribution in [0.2, 0.25) is 0 Å². The topological polar surface area (TPSA) is 108 Å². The Balaban J connectivity index is 1.66. The van der Waals surface area contributed by atoms with Crippen LogP contribution < -0.4 is 5.56 Å². The van der Waals surface area contributed by atoms with E-state index in [-0.39, 0.29) is 17.7 Å². The number of esters is 1. The van der Waals surface area contributed by atoms with Crippen LogP contribution in [-0.4, -0.2) is 34.1 Å². The lowest BCUT2D eigenvalue weighted by Gasteiger charge is -2.27. The predicted octanol–water partition coefficient (Wildman–Crippen LogP) is 2.70. The first-order valence-corrected chi connectivity index (χ1v) is 11.6. The average Bonchev–Trinajstić information content (AvgIpc) is 3.27. The van der Waals surface area contributed by atoms with Crippen LogP contribution in [-0.2, 0) is 26.1 Å². The van der Waals surface area contributed by atoms with Gasteiger partial charge in [-0.3, -0.25) is 9.59 Å². The molecular formula is C22H23N3O5S. The molecule has 1 aromatic heterocycles. The maximum atomic E-state index is 13.6. The van der Waals surface area contributed by atoms with Crippen molar-refractivity contribution >= 4 is 26.7 Å². The molecule has 162 valence electrons. The summed E-state index contributed by atoms with van der Waals surface area (Å²) in [6, 6.07) is 11.9. The van der Waals surface area contributed by atoms with E-state index in [9.17, 15) is 18.0 Å². The van der Waals surface area contributed by atoms with Gasteiger partial charge in [-0.1, -0.05) is 42.3 Å². The Morgan fingerprint density at radius 1 is 1.13 bits per heavy atom. The molecule has 1 heterocycles. The summed E-state index contributed by atoms with van der Waals surface area (Å²) in [5.41, 5.74) is 1.35. The van der Waals surface area contributed by atoms with Gasteiger partial charge in [-0.2, -0.15) is 4.68 Å². The van der Waals surface area contributed by atoms with E-state index in [1.165, 1.54) is 0 Å². The van der Waals surface area contributed by atoms with Crippen LogP contribution in [0, 0.1) is 13.8 Å². The molecule has 0 unspecified atom stereocenters. The summed E-state index contributed by atoms with van der Waals surface area (Å²) < 4.78 is 31.9. The van der Waals surface area contributed by atoms with E-state index < -0.39 is 32.8 Å². The first-order valence-electron chi connectivity index (χ1n) is 10.1.